The molecule has 8 heteroatoms. The van der Waals surface area contributed by atoms with Gasteiger partial charge in [-0.05, 0) is 18.2 Å². The Morgan fingerprint density at radius 3 is 2.53 bits per heavy atom. The highest BCUT2D eigenvalue weighted by Gasteiger charge is 2.11. The molecular weight excluding hydrogens is 316 g/mol. The summed E-state index contributed by atoms with van der Waals surface area (Å²) < 4.78 is 34.3. The van der Waals surface area contributed by atoms with Gasteiger partial charge in [0, 0.05) is 4.47 Å². The van der Waals surface area contributed by atoms with Gasteiger partial charge < -0.3 is 9.84 Å². The summed E-state index contributed by atoms with van der Waals surface area (Å²) in [5, 5.41) is 9.22. The van der Waals surface area contributed by atoms with Crippen LogP contribution in [0.4, 0.5) is 0 Å². The monoisotopic (exact) mass is 324 g/mol. The van der Waals surface area contributed by atoms with Gasteiger partial charge in [0.05, 0.1) is 5.56 Å². The topological polar surface area (TPSA) is 101 Å². The molecule has 0 saturated heterocycles. The first-order valence-corrected chi connectivity index (χ1v) is 6.80. The normalized spacial score (nSPS) is 11.2. The van der Waals surface area contributed by atoms with Crippen molar-refractivity contribution >= 4 is 32.0 Å². The van der Waals surface area contributed by atoms with Gasteiger partial charge in [-0.2, -0.15) is 8.42 Å². The molecular formula is C9H9BrO6S. The molecule has 0 unspecified atom stereocenters. The number of ether oxygens (including phenoxy) is 1. The molecule has 0 radical (unpaired) electrons. The molecule has 1 aromatic carbocycles. The number of phenolic OH excluding ortho intramolecular Hbond substituents is 1. The summed E-state index contributed by atoms with van der Waals surface area (Å²) in [6.07, 6.45) is 0. The van der Waals surface area contributed by atoms with E-state index in [1.54, 1.807) is 0 Å². The fourth-order valence-electron chi connectivity index (χ4n) is 1.02. The fraction of sp³-hybridized carbons (Fsp3) is 0.222. The lowest BCUT2D eigenvalue weighted by molar-refractivity contribution is 0.0527. The van der Waals surface area contributed by atoms with E-state index in [1.165, 1.54) is 18.2 Å². The molecule has 0 fully saturated rings. The molecule has 1 aromatic rings. The Hall–Kier alpha value is -1.12. The van der Waals surface area contributed by atoms with Gasteiger partial charge in [-0.15, -0.1) is 0 Å². The average Bonchev–Trinajstić information content (AvgIpc) is 2.13. The van der Waals surface area contributed by atoms with Crippen molar-refractivity contribution in [1.29, 1.82) is 0 Å². The van der Waals surface area contributed by atoms with Crippen LogP contribution in [0.2, 0.25) is 0 Å². The molecule has 1 rings (SSSR count). The summed E-state index contributed by atoms with van der Waals surface area (Å²) in [6.45, 7) is -0.453. The predicted octanol–water partition coefficient (Wildman–Crippen LogP) is 1.20. The summed E-state index contributed by atoms with van der Waals surface area (Å²) in [7, 11) is -4.15. The van der Waals surface area contributed by atoms with Crippen LogP contribution in [0.1, 0.15) is 10.4 Å². The molecule has 17 heavy (non-hydrogen) atoms. The number of carbonyl (C=O) groups excluding carboxylic acids is 1. The third kappa shape index (κ3) is 5.16. The van der Waals surface area contributed by atoms with Crippen LogP contribution in [0.25, 0.3) is 0 Å². The van der Waals surface area contributed by atoms with Crippen LogP contribution in [-0.2, 0) is 14.9 Å². The molecule has 0 bridgehead atoms. The van der Waals surface area contributed by atoms with Crippen molar-refractivity contribution in [2.24, 2.45) is 0 Å². The van der Waals surface area contributed by atoms with Crippen molar-refractivity contribution in [2.75, 3.05) is 12.4 Å². The maximum atomic E-state index is 11.4. The van der Waals surface area contributed by atoms with E-state index in [9.17, 15) is 18.3 Å². The van der Waals surface area contributed by atoms with Crippen LogP contribution < -0.4 is 0 Å². The number of hydrogen-bond acceptors (Lipinski definition) is 5. The highest BCUT2D eigenvalue weighted by molar-refractivity contribution is 9.10. The zero-order valence-corrected chi connectivity index (χ0v) is 10.9. The highest BCUT2D eigenvalue weighted by Crippen LogP contribution is 2.20. The first-order valence-electron chi connectivity index (χ1n) is 4.40. The molecule has 0 heterocycles. The Kier molecular flexibility index (Phi) is 4.49. The van der Waals surface area contributed by atoms with Gasteiger partial charge in [-0.1, -0.05) is 15.9 Å². The largest absolute Gasteiger partial charge is 0.508 e. The smallest absolute Gasteiger partial charge is 0.338 e. The Morgan fingerprint density at radius 2 is 2.00 bits per heavy atom. The lowest BCUT2D eigenvalue weighted by Gasteiger charge is -2.04. The molecule has 0 atom stereocenters. The van der Waals surface area contributed by atoms with Gasteiger partial charge in [0.25, 0.3) is 10.1 Å². The second-order valence-corrected chi connectivity index (χ2v) is 5.61. The molecule has 2 N–H and O–H groups in total. The fourth-order valence-corrected chi connectivity index (χ4v) is 1.79. The summed E-state index contributed by atoms with van der Waals surface area (Å²) in [6, 6.07) is 3.98. The average molecular weight is 325 g/mol. The standard InChI is InChI=1S/C9H9BrO6S/c10-7-3-6(4-8(11)5-7)9(12)16-1-2-17(13,14)15/h3-5,11H,1-2H2,(H,13,14,15). The van der Waals surface area contributed by atoms with E-state index in [0.29, 0.717) is 4.47 Å². The van der Waals surface area contributed by atoms with Gasteiger partial charge >= 0.3 is 5.97 Å². The third-order valence-corrected chi connectivity index (χ3v) is 2.83. The van der Waals surface area contributed by atoms with E-state index in [-0.39, 0.29) is 11.3 Å². The van der Waals surface area contributed by atoms with Gasteiger partial charge in [-0.3, -0.25) is 4.55 Å². The van der Waals surface area contributed by atoms with Crippen molar-refractivity contribution in [2.45, 2.75) is 0 Å². The lowest BCUT2D eigenvalue weighted by atomic mass is 10.2. The number of hydrogen-bond donors (Lipinski definition) is 2. The van der Waals surface area contributed by atoms with Gasteiger partial charge in [-0.25, -0.2) is 4.79 Å². The van der Waals surface area contributed by atoms with E-state index >= 15 is 0 Å². The molecule has 0 aliphatic carbocycles. The molecule has 0 aromatic heterocycles. The molecule has 0 aliphatic heterocycles. The second kappa shape index (κ2) is 5.48. The Balaban J connectivity index is 2.64. The number of rotatable bonds is 4. The Labute approximate surface area is 106 Å². The van der Waals surface area contributed by atoms with Crippen molar-refractivity contribution in [3.8, 4) is 5.75 Å². The Morgan fingerprint density at radius 1 is 1.35 bits per heavy atom. The first-order chi connectivity index (χ1) is 7.78. The molecule has 0 spiro atoms. The van der Waals surface area contributed by atoms with E-state index in [1.807, 2.05) is 0 Å². The minimum atomic E-state index is -4.15. The van der Waals surface area contributed by atoms with Gasteiger partial charge in [0.1, 0.15) is 18.1 Å². The minimum Gasteiger partial charge on any atom is -0.508 e. The van der Waals surface area contributed by atoms with Crippen LogP contribution in [-0.4, -0.2) is 36.4 Å². The van der Waals surface area contributed by atoms with E-state index in [2.05, 4.69) is 20.7 Å². The van der Waals surface area contributed by atoms with Crippen LogP contribution in [0, 0.1) is 0 Å². The van der Waals surface area contributed by atoms with Crippen LogP contribution in [0.5, 0.6) is 5.75 Å². The van der Waals surface area contributed by atoms with Crippen LogP contribution in [0.15, 0.2) is 22.7 Å². The van der Waals surface area contributed by atoms with Crippen molar-refractivity contribution < 1.29 is 27.6 Å². The van der Waals surface area contributed by atoms with Crippen LogP contribution >= 0.6 is 15.9 Å². The first kappa shape index (κ1) is 13.9. The van der Waals surface area contributed by atoms with Gasteiger partial charge in [0.15, 0.2) is 0 Å². The van der Waals surface area contributed by atoms with Crippen molar-refractivity contribution in [1.82, 2.24) is 0 Å². The number of carbonyl (C=O) groups is 1. The number of phenols is 1. The van der Waals surface area contributed by atoms with Crippen LogP contribution in [0.3, 0.4) is 0 Å². The summed E-state index contributed by atoms with van der Waals surface area (Å²) in [5.41, 5.74) is 0.0761. The van der Waals surface area contributed by atoms with Crippen molar-refractivity contribution in [3.63, 3.8) is 0 Å². The Bertz CT molecular complexity index is 504. The summed E-state index contributed by atoms with van der Waals surface area (Å²) >= 11 is 3.08. The van der Waals surface area contributed by atoms with E-state index in [0.717, 1.165) is 0 Å². The van der Waals surface area contributed by atoms with Crippen molar-refractivity contribution in [3.05, 3.63) is 28.2 Å². The number of aromatic hydroxyl groups is 1. The maximum absolute atomic E-state index is 11.4. The minimum absolute atomic E-state index is 0.0761. The highest BCUT2D eigenvalue weighted by atomic mass is 79.9. The zero-order chi connectivity index (χ0) is 13.1. The lowest BCUT2D eigenvalue weighted by Crippen LogP contribution is -2.14. The molecule has 94 valence electrons. The zero-order valence-electron chi connectivity index (χ0n) is 8.46. The third-order valence-electron chi connectivity index (χ3n) is 1.69. The molecule has 0 amide bonds. The maximum Gasteiger partial charge on any atom is 0.338 e. The van der Waals surface area contributed by atoms with E-state index in [4.69, 9.17) is 4.55 Å². The molecule has 0 aliphatic rings. The van der Waals surface area contributed by atoms with E-state index < -0.39 is 28.4 Å². The number of halogens is 1. The quantitative estimate of drug-likeness (QED) is 0.637. The molecule has 0 saturated carbocycles. The number of benzene rings is 1. The summed E-state index contributed by atoms with van der Waals surface area (Å²) in [5.74, 6) is -1.58. The van der Waals surface area contributed by atoms with Gasteiger partial charge in [0.2, 0.25) is 0 Å². The summed E-state index contributed by atoms with van der Waals surface area (Å²) in [4.78, 5) is 11.4. The number of esters is 1. The predicted molar refractivity (Wildman–Crippen MR) is 62.5 cm³/mol. The SMILES string of the molecule is O=C(OCCS(=O)(=O)O)c1cc(O)cc(Br)c1. The molecule has 6 nitrogen and oxygen atoms in total. The second-order valence-electron chi connectivity index (χ2n) is 3.12.